The Kier molecular flexibility index (Phi) is 7.42. The Labute approximate surface area is 160 Å². The number of hydrogen-bond donors (Lipinski definition) is 1. The summed E-state index contributed by atoms with van der Waals surface area (Å²) in [6.07, 6.45) is 3.19. The maximum Gasteiger partial charge on any atom is 0.244 e. The highest BCUT2D eigenvalue weighted by molar-refractivity contribution is 6.31. The summed E-state index contributed by atoms with van der Waals surface area (Å²) >= 11 is 6.16. The number of hydrogen-bond acceptors (Lipinski definition) is 3. The van der Waals surface area contributed by atoms with Crippen LogP contribution in [0, 0.1) is 6.92 Å². The molecular weight excluding hydrogens is 348 g/mol. The van der Waals surface area contributed by atoms with Gasteiger partial charge in [0.05, 0.1) is 5.69 Å². The molecule has 0 unspecified atom stereocenters. The highest BCUT2D eigenvalue weighted by Gasteiger charge is 2.08. The second kappa shape index (κ2) is 9.55. The molecule has 1 aromatic heterocycles. The van der Waals surface area contributed by atoms with Gasteiger partial charge in [0.1, 0.15) is 5.15 Å². The Bertz CT molecular complexity index is 761. The molecule has 2 aromatic rings. The van der Waals surface area contributed by atoms with Crippen LogP contribution >= 0.6 is 11.6 Å². The first-order valence-electron chi connectivity index (χ1n) is 8.89. The second-order valence-corrected chi connectivity index (χ2v) is 6.60. The fraction of sp³-hybridized carbons (Fsp3) is 0.400. The van der Waals surface area contributed by atoms with Crippen LogP contribution in [0.2, 0.25) is 5.15 Å². The van der Waals surface area contributed by atoms with Crippen molar-refractivity contribution >= 4 is 23.6 Å². The maximum absolute atomic E-state index is 12.0. The molecule has 1 aromatic carbocycles. The van der Waals surface area contributed by atoms with Crippen LogP contribution < -0.4 is 5.32 Å². The minimum atomic E-state index is -0.156. The van der Waals surface area contributed by atoms with Gasteiger partial charge < -0.3 is 5.32 Å². The third-order valence-corrected chi connectivity index (χ3v) is 4.84. The fourth-order valence-electron chi connectivity index (χ4n) is 2.71. The van der Waals surface area contributed by atoms with Crippen molar-refractivity contribution in [3.05, 3.63) is 57.9 Å². The van der Waals surface area contributed by atoms with Crippen LogP contribution in [0.5, 0.6) is 0 Å². The Morgan fingerprint density at radius 1 is 1.23 bits per heavy atom. The summed E-state index contributed by atoms with van der Waals surface area (Å²) in [6.45, 7) is 9.73. The maximum atomic E-state index is 12.0. The standard InChI is InChI=1S/C20H27ClN4O/c1-5-25(6-2)14-17-9-7-16(8-10-17)13-22-19(26)12-11-18-15(3)23-24(4)20(18)21/h7-12H,5-6,13-14H2,1-4H3,(H,22,26)/b12-11+. The third kappa shape index (κ3) is 5.44. The molecule has 0 aliphatic carbocycles. The minimum absolute atomic E-state index is 0.156. The number of nitrogens with one attached hydrogen (secondary N) is 1. The third-order valence-electron chi connectivity index (χ3n) is 4.39. The van der Waals surface area contributed by atoms with Crippen LogP contribution in [0.3, 0.4) is 0 Å². The van der Waals surface area contributed by atoms with Gasteiger partial charge in [-0.25, -0.2) is 0 Å². The summed E-state index contributed by atoms with van der Waals surface area (Å²) in [4.78, 5) is 14.4. The zero-order valence-corrected chi connectivity index (χ0v) is 16.7. The molecule has 0 aliphatic rings. The summed E-state index contributed by atoms with van der Waals surface area (Å²) < 4.78 is 1.59. The SMILES string of the molecule is CCN(CC)Cc1ccc(CNC(=O)/C=C/c2c(C)nn(C)c2Cl)cc1. The van der Waals surface area contributed by atoms with E-state index in [1.165, 1.54) is 11.6 Å². The van der Waals surface area contributed by atoms with Gasteiger partial charge in [0.25, 0.3) is 0 Å². The largest absolute Gasteiger partial charge is 0.348 e. The Balaban J connectivity index is 1.88. The van der Waals surface area contributed by atoms with Gasteiger partial charge in [-0.3, -0.25) is 14.4 Å². The van der Waals surface area contributed by atoms with E-state index in [4.69, 9.17) is 11.6 Å². The molecule has 140 valence electrons. The first kappa shape index (κ1) is 20.2. The van der Waals surface area contributed by atoms with Crippen molar-refractivity contribution in [3.8, 4) is 0 Å². The number of carbonyl (C=O) groups is 1. The van der Waals surface area contributed by atoms with Crippen molar-refractivity contribution in [1.29, 1.82) is 0 Å². The van der Waals surface area contributed by atoms with E-state index in [1.54, 1.807) is 17.8 Å². The highest BCUT2D eigenvalue weighted by atomic mass is 35.5. The Morgan fingerprint density at radius 3 is 2.38 bits per heavy atom. The van der Waals surface area contributed by atoms with Crippen molar-refractivity contribution in [2.45, 2.75) is 33.9 Å². The predicted molar refractivity (Wildman–Crippen MR) is 107 cm³/mol. The number of amides is 1. The number of aromatic nitrogens is 2. The molecule has 26 heavy (non-hydrogen) atoms. The van der Waals surface area contributed by atoms with Gasteiger partial charge in [-0.1, -0.05) is 49.7 Å². The molecule has 0 saturated heterocycles. The summed E-state index contributed by atoms with van der Waals surface area (Å²) in [5.74, 6) is -0.156. The molecule has 0 spiro atoms. The number of rotatable bonds is 8. The van der Waals surface area contributed by atoms with Crippen molar-refractivity contribution in [1.82, 2.24) is 20.0 Å². The normalized spacial score (nSPS) is 11.5. The topological polar surface area (TPSA) is 50.2 Å². The first-order valence-corrected chi connectivity index (χ1v) is 9.27. The molecule has 0 radical (unpaired) electrons. The van der Waals surface area contributed by atoms with Crippen molar-refractivity contribution in [2.75, 3.05) is 13.1 Å². The van der Waals surface area contributed by atoms with E-state index in [0.29, 0.717) is 11.7 Å². The number of benzene rings is 1. The summed E-state index contributed by atoms with van der Waals surface area (Å²) in [5.41, 5.74) is 3.92. The number of aryl methyl sites for hydroxylation is 2. The lowest BCUT2D eigenvalue weighted by Gasteiger charge is -2.18. The number of nitrogens with zero attached hydrogens (tertiary/aromatic N) is 3. The Morgan fingerprint density at radius 2 is 1.85 bits per heavy atom. The zero-order valence-electron chi connectivity index (χ0n) is 15.9. The molecular formula is C20H27ClN4O. The van der Waals surface area contributed by atoms with Crippen LogP contribution in [0.15, 0.2) is 30.3 Å². The number of halogens is 1. The summed E-state index contributed by atoms with van der Waals surface area (Å²) in [7, 11) is 1.77. The minimum Gasteiger partial charge on any atom is -0.348 e. The molecule has 6 heteroatoms. The van der Waals surface area contributed by atoms with Crippen LogP contribution in [0.25, 0.3) is 6.08 Å². The quantitative estimate of drug-likeness (QED) is 0.719. The lowest BCUT2D eigenvalue weighted by Crippen LogP contribution is -2.22. The zero-order chi connectivity index (χ0) is 19.1. The van der Waals surface area contributed by atoms with Crippen LogP contribution in [0.4, 0.5) is 0 Å². The summed E-state index contributed by atoms with van der Waals surface area (Å²) in [5, 5.41) is 7.64. The first-order chi connectivity index (χ1) is 12.4. The van der Waals surface area contributed by atoms with E-state index in [-0.39, 0.29) is 5.91 Å². The predicted octanol–water partition coefficient (Wildman–Crippen LogP) is 3.55. The smallest absolute Gasteiger partial charge is 0.244 e. The molecule has 0 atom stereocenters. The van der Waals surface area contributed by atoms with Gasteiger partial charge >= 0.3 is 0 Å². The Hall–Kier alpha value is -2.11. The highest BCUT2D eigenvalue weighted by Crippen LogP contribution is 2.19. The molecule has 1 amide bonds. The van der Waals surface area contributed by atoms with Crippen molar-refractivity contribution in [2.24, 2.45) is 7.05 Å². The monoisotopic (exact) mass is 374 g/mol. The molecule has 0 aliphatic heterocycles. The van der Waals surface area contributed by atoms with E-state index in [9.17, 15) is 4.79 Å². The molecule has 0 bridgehead atoms. The lowest BCUT2D eigenvalue weighted by molar-refractivity contribution is -0.116. The van der Waals surface area contributed by atoms with Crippen LogP contribution in [0.1, 0.15) is 36.2 Å². The molecule has 0 fully saturated rings. The van der Waals surface area contributed by atoms with Gasteiger partial charge in [0, 0.05) is 31.8 Å². The molecule has 1 N–H and O–H groups in total. The van der Waals surface area contributed by atoms with Gasteiger partial charge in [0.15, 0.2) is 0 Å². The van der Waals surface area contributed by atoms with Crippen molar-refractivity contribution < 1.29 is 4.79 Å². The van der Waals surface area contributed by atoms with Crippen molar-refractivity contribution in [3.63, 3.8) is 0 Å². The molecule has 2 rings (SSSR count). The van der Waals surface area contributed by atoms with E-state index in [2.05, 4.69) is 53.4 Å². The number of carbonyl (C=O) groups excluding carboxylic acids is 1. The van der Waals surface area contributed by atoms with Gasteiger partial charge in [-0.2, -0.15) is 5.10 Å². The van der Waals surface area contributed by atoms with E-state index >= 15 is 0 Å². The average Bonchev–Trinajstić information content (AvgIpc) is 2.89. The van der Waals surface area contributed by atoms with E-state index in [0.717, 1.165) is 36.5 Å². The molecule has 1 heterocycles. The molecule has 5 nitrogen and oxygen atoms in total. The lowest BCUT2D eigenvalue weighted by atomic mass is 10.1. The summed E-state index contributed by atoms with van der Waals surface area (Å²) in [6, 6.07) is 8.36. The van der Waals surface area contributed by atoms with Crippen LogP contribution in [-0.2, 0) is 24.9 Å². The average molecular weight is 375 g/mol. The van der Waals surface area contributed by atoms with Gasteiger partial charge in [0.2, 0.25) is 5.91 Å². The van der Waals surface area contributed by atoms with E-state index < -0.39 is 0 Å². The second-order valence-electron chi connectivity index (χ2n) is 6.24. The fourth-order valence-corrected chi connectivity index (χ4v) is 2.95. The van der Waals surface area contributed by atoms with Gasteiger partial charge in [-0.15, -0.1) is 0 Å². The molecule has 0 saturated carbocycles. The van der Waals surface area contributed by atoms with E-state index in [1.807, 2.05) is 6.92 Å². The van der Waals surface area contributed by atoms with Gasteiger partial charge in [-0.05, 0) is 37.2 Å². The van der Waals surface area contributed by atoms with Crippen LogP contribution in [-0.4, -0.2) is 33.7 Å².